The van der Waals surface area contributed by atoms with Crippen molar-refractivity contribution in [3.63, 3.8) is 0 Å². The van der Waals surface area contributed by atoms with Crippen LogP contribution in [0.5, 0.6) is 11.5 Å². The van der Waals surface area contributed by atoms with Gasteiger partial charge >= 0.3 is 0 Å². The summed E-state index contributed by atoms with van der Waals surface area (Å²) in [5.41, 5.74) is 0.301. The fourth-order valence-electron chi connectivity index (χ4n) is 3.22. The van der Waals surface area contributed by atoms with Crippen LogP contribution in [0.25, 0.3) is 0 Å². The first-order valence-corrected chi connectivity index (χ1v) is 7.53. The zero-order valence-corrected chi connectivity index (χ0v) is 13.2. The number of hydrogen-bond donors (Lipinski definition) is 0. The van der Waals surface area contributed by atoms with Crippen molar-refractivity contribution in [2.45, 2.75) is 25.4 Å². The van der Waals surface area contributed by atoms with Gasteiger partial charge in [0.2, 0.25) is 11.8 Å². The van der Waals surface area contributed by atoms with Crippen LogP contribution >= 0.6 is 0 Å². The van der Waals surface area contributed by atoms with Gasteiger partial charge in [0.15, 0.2) is 11.5 Å². The minimum absolute atomic E-state index is 0.0108. The van der Waals surface area contributed by atoms with Gasteiger partial charge < -0.3 is 19.3 Å². The van der Waals surface area contributed by atoms with Crippen LogP contribution < -0.4 is 9.47 Å². The zero-order valence-electron chi connectivity index (χ0n) is 13.2. The highest BCUT2D eigenvalue weighted by molar-refractivity contribution is 5.95. The van der Waals surface area contributed by atoms with E-state index in [4.69, 9.17) is 9.47 Å². The number of benzene rings is 1. The molecule has 3 rings (SSSR count). The molecule has 2 amide bonds. The number of amides is 2. The lowest BCUT2D eigenvalue weighted by molar-refractivity contribution is -0.154. The highest BCUT2D eigenvalue weighted by atomic mass is 19.1. The molecule has 2 fully saturated rings. The molecule has 0 N–H and O–H groups in total. The number of ether oxygens (including phenoxy) is 2. The summed E-state index contributed by atoms with van der Waals surface area (Å²) < 4.78 is 24.5. The van der Waals surface area contributed by atoms with Crippen molar-refractivity contribution in [3.05, 3.63) is 23.5 Å². The van der Waals surface area contributed by atoms with Crippen LogP contribution in [0.3, 0.4) is 0 Å². The van der Waals surface area contributed by atoms with Crippen molar-refractivity contribution in [2.75, 3.05) is 27.3 Å². The van der Waals surface area contributed by atoms with E-state index >= 15 is 0 Å². The second kappa shape index (κ2) is 6.06. The second-order valence-corrected chi connectivity index (χ2v) is 5.74. The third-order valence-corrected chi connectivity index (χ3v) is 4.41. The van der Waals surface area contributed by atoms with E-state index in [0.717, 1.165) is 6.42 Å². The van der Waals surface area contributed by atoms with Gasteiger partial charge in [-0.05, 0) is 18.9 Å². The first-order valence-electron chi connectivity index (χ1n) is 7.53. The molecule has 2 heterocycles. The highest BCUT2D eigenvalue weighted by Crippen LogP contribution is 2.31. The number of carbonyl (C=O) groups is 2. The Bertz CT molecular complexity index is 649. The largest absolute Gasteiger partial charge is 0.493 e. The number of halogens is 1. The summed E-state index contributed by atoms with van der Waals surface area (Å²) in [6, 6.07) is 2.35. The van der Waals surface area contributed by atoms with Crippen LogP contribution in [0, 0.1) is 5.82 Å². The highest BCUT2D eigenvalue weighted by Gasteiger charge is 2.41. The van der Waals surface area contributed by atoms with Gasteiger partial charge in [-0.1, -0.05) is 0 Å². The van der Waals surface area contributed by atoms with Gasteiger partial charge in [-0.2, -0.15) is 0 Å². The molecule has 0 bridgehead atoms. The molecule has 0 aromatic heterocycles. The van der Waals surface area contributed by atoms with Crippen LogP contribution in [0.2, 0.25) is 0 Å². The van der Waals surface area contributed by atoms with Gasteiger partial charge in [-0.15, -0.1) is 0 Å². The molecule has 0 saturated carbocycles. The van der Waals surface area contributed by atoms with E-state index in [1.165, 1.54) is 31.3 Å². The van der Waals surface area contributed by atoms with E-state index in [2.05, 4.69) is 0 Å². The lowest BCUT2D eigenvalue weighted by Crippen LogP contribution is -2.56. The molecule has 1 atom stereocenters. The number of carbonyl (C=O) groups excluding carboxylic acids is 2. The third kappa shape index (κ3) is 2.71. The fraction of sp³-hybridized carbons (Fsp3) is 0.500. The van der Waals surface area contributed by atoms with Crippen molar-refractivity contribution >= 4 is 11.8 Å². The van der Waals surface area contributed by atoms with E-state index in [9.17, 15) is 14.0 Å². The molecule has 2 aliphatic heterocycles. The normalized spacial score (nSPS) is 20.7. The van der Waals surface area contributed by atoms with Crippen LogP contribution in [0.15, 0.2) is 12.1 Å². The Hall–Kier alpha value is -2.31. The van der Waals surface area contributed by atoms with Crippen molar-refractivity contribution in [3.8, 4) is 11.5 Å². The Morgan fingerprint density at radius 3 is 2.61 bits per heavy atom. The summed E-state index contributed by atoms with van der Waals surface area (Å²) in [7, 11) is 2.89. The van der Waals surface area contributed by atoms with Crippen molar-refractivity contribution in [1.29, 1.82) is 0 Å². The summed E-state index contributed by atoms with van der Waals surface area (Å²) >= 11 is 0. The Morgan fingerprint density at radius 2 is 1.91 bits per heavy atom. The Kier molecular flexibility index (Phi) is 4.11. The smallest absolute Gasteiger partial charge is 0.246 e. The van der Waals surface area contributed by atoms with Gasteiger partial charge in [-0.3, -0.25) is 9.59 Å². The lowest BCUT2D eigenvalue weighted by Gasteiger charge is -2.36. The maximum Gasteiger partial charge on any atom is 0.246 e. The first-order chi connectivity index (χ1) is 11.0. The number of hydrogen-bond acceptors (Lipinski definition) is 4. The van der Waals surface area contributed by atoms with Crippen molar-refractivity contribution < 1.29 is 23.5 Å². The number of nitrogens with zero attached hydrogens (tertiary/aromatic N) is 2. The predicted molar refractivity (Wildman–Crippen MR) is 79.7 cm³/mol. The quantitative estimate of drug-likeness (QED) is 0.835. The molecule has 0 spiro atoms. The Labute approximate surface area is 133 Å². The molecule has 0 aliphatic carbocycles. The number of methoxy groups -OCH3 is 2. The predicted octanol–water partition coefficient (Wildman–Crippen LogP) is 1.18. The maximum absolute atomic E-state index is 14.2. The van der Waals surface area contributed by atoms with Crippen LogP contribution in [0.4, 0.5) is 4.39 Å². The summed E-state index contributed by atoms with van der Waals surface area (Å²) in [5.74, 6) is -0.0000340. The number of rotatable bonds is 4. The molecular formula is C16H19FN2O4. The first kappa shape index (κ1) is 15.6. The summed E-state index contributed by atoms with van der Waals surface area (Å²) in [4.78, 5) is 27.7. The Balaban J connectivity index is 1.84. The van der Waals surface area contributed by atoms with Crippen molar-refractivity contribution in [1.82, 2.24) is 9.80 Å². The van der Waals surface area contributed by atoms with E-state index in [1.807, 2.05) is 0 Å². The van der Waals surface area contributed by atoms with E-state index in [-0.39, 0.29) is 36.7 Å². The molecule has 1 aromatic carbocycles. The summed E-state index contributed by atoms with van der Waals surface area (Å²) in [6.07, 6.45) is 1.51. The average Bonchev–Trinajstić information content (AvgIpc) is 3.04. The molecule has 0 radical (unpaired) electrons. The lowest BCUT2D eigenvalue weighted by atomic mass is 10.1. The molecule has 7 heteroatoms. The van der Waals surface area contributed by atoms with Crippen LogP contribution in [0.1, 0.15) is 18.4 Å². The van der Waals surface area contributed by atoms with Crippen molar-refractivity contribution in [2.24, 2.45) is 0 Å². The van der Waals surface area contributed by atoms with E-state index < -0.39 is 5.82 Å². The molecule has 124 valence electrons. The van der Waals surface area contributed by atoms with Crippen LogP contribution in [-0.4, -0.2) is 55.0 Å². The molecule has 23 heavy (non-hydrogen) atoms. The van der Waals surface area contributed by atoms with Gasteiger partial charge in [-0.25, -0.2) is 4.39 Å². The fourth-order valence-corrected chi connectivity index (χ4v) is 3.22. The summed E-state index contributed by atoms with van der Waals surface area (Å²) in [6.45, 7) is 0.665. The Morgan fingerprint density at radius 1 is 1.22 bits per heavy atom. The topological polar surface area (TPSA) is 59.1 Å². The molecule has 0 unspecified atom stereocenters. The van der Waals surface area contributed by atoms with Gasteiger partial charge in [0.25, 0.3) is 0 Å². The molecule has 2 aliphatic rings. The second-order valence-electron chi connectivity index (χ2n) is 5.74. The maximum atomic E-state index is 14.2. The zero-order chi connectivity index (χ0) is 16.6. The molecular weight excluding hydrogens is 303 g/mol. The molecule has 2 saturated heterocycles. The van der Waals surface area contributed by atoms with Crippen LogP contribution in [-0.2, 0) is 16.1 Å². The van der Waals surface area contributed by atoms with Gasteiger partial charge in [0.1, 0.15) is 18.4 Å². The molecule has 6 nitrogen and oxygen atoms in total. The minimum Gasteiger partial charge on any atom is -0.493 e. The number of fused-ring (bicyclic) bond motifs is 1. The molecule has 1 aromatic rings. The SMILES string of the molecule is COc1cc(F)c(CN2CC(=O)N3CCC[C@H]3C2=O)cc1OC. The summed E-state index contributed by atoms with van der Waals surface area (Å²) in [5, 5.41) is 0. The van der Waals surface area contributed by atoms with Gasteiger partial charge in [0, 0.05) is 24.7 Å². The van der Waals surface area contributed by atoms with E-state index in [0.29, 0.717) is 24.3 Å². The standard InChI is InChI=1S/C16H19FN2O4/c1-22-13-6-10(11(17)7-14(13)23-2)8-18-9-15(20)19-5-3-4-12(19)16(18)21/h6-7,12H,3-5,8-9H2,1-2H3/t12-/m0/s1. The minimum atomic E-state index is -0.489. The average molecular weight is 322 g/mol. The van der Waals surface area contributed by atoms with E-state index in [1.54, 1.807) is 4.90 Å². The van der Waals surface area contributed by atoms with Gasteiger partial charge in [0.05, 0.1) is 14.2 Å². The third-order valence-electron chi connectivity index (χ3n) is 4.41. The monoisotopic (exact) mass is 322 g/mol. The number of piperazine rings is 1.